The molecule has 1 unspecified atom stereocenters. The molecule has 1 aliphatic heterocycles. The van der Waals surface area contributed by atoms with Crippen molar-refractivity contribution in [3.05, 3.63) is 29.8 Å². The summed E-state index contributed by atoms with van der Waals surface area (Å²) in [5, 5.41) is 2.53. The van der Waals surface area contributed by atoms with Gasteiger partial charge in [0.2, 0.25) is 11.8 Å². The molecule has 96 valence electrons. The van der Waals surface area contributed by atoms with Gasteiger partial charge in [-0.1, -0.05) is 0 Å². The lowest BCUT2D eigenvalue weighted by atomic mass is 10.1. The maximum absolute atomic E-state index is 13.0. The normalized spacial score (nSPS) is 20.6. The molecule has 0 spiro atoms. The number of amides is 2. The number of rotatable bonds is 2. The van der Waals surface area contributed by atoms with E-state index >= 15 is 0 Å². The van der Waals surface area contributed by atoms with Gasteiger partial charge in [0.05, 0.1) is 12.7 Å². The fourth-order valence-corrected chi connectivity index (χ4v) is 1.96. The predicted octanol–water partition coefficient (Wildman–Crippen LogP) is 0.458. The van der Waals surface area contributed by atoms with Gasteiger partial charge in [-0.15, -0.1) is 0 Å². The van der Waals surface area contributed by atoms with Gasteiger partial charge in [-0.3, -0.25) is 14.6 Å². The van der Waals surface area contributed by atoms with Crippen molar-refractivity contribution in [3.63, 3.8) is 0 Å². The Balaban J connectivity index is 2.15. The largest absolute Gasteiger partial charge is 0.347 e. The molecule has 0 aliphatic carbocycles. The summed E-state index contributed by atoms with van der Waals surface area (Å²) in [6.45, 7) is 2.06. The van der Waals surface area contributed by atoms with E-state index in [0.29, 0.717) is 5.56 Å². The van der Waals surface area contributed by atoms with Crippen LogP contribution >= 0.6 is 0 Å². The van der Waals surface area contributed by atoms with Crippen LogP contribution in [0.25, 0.3) is 0 Å². The van der Waals surface area contributed by atoms with Gasteiger partial charge in [-0.25, -0.2) is 4.39 Å². The van der Waals surface area contributed by atoms with Crippen LogP contribution in [-0.2, 0) is 16.1 Å². The third-order valence-corrected chi connectivity index (χ3v) is 2.88. The van der Waals surface area contributed by atoms with E-state index in [1.165, 1.54) is 12.3 Å². The fraction of sp³-hybridized carbons (Fsp3) is 0.417. The van der Waals surface area contributed by atoms with Gasteiger partial charge in [0, 0.05) is 25.2 Å². The Hall–Kier alpha value is -1.98. The molecule has 1 aromatic rings. The number of nitrogens with one attached hydrogen (secondary N) is 1. The van der Waals surface area contributed by atoms with Crippen molar-refractivity contribution in [1.82, 2.24) is 15.2 Å². The topological polar surface area (TPSA) is 62.3 Å². The fourth-order valence-electron chi connectivity index (χ4n) is 1.96. The lowest BCUT2D eigenvalue weighted by Gasteiger charge is -2.26. The molecule has 1 fully saturated rings. The van der Waals surface area contributed by atoms with Crippen LogP contribution in [0.4, 0.5) is 4.39 Å². The maximum atomic E-state index is 13.0. The Labute approximate surface area is 104 Å². The van der Waals surface area contributed by atoms with E-state index in [4.69, 9.17) is 0 Å². The third-order valence-electron chi connectivity index (χ3n) is 2.88. The molecule has 1 N–H and O–H groups in total. The second-order valence-electron chi connectivity index (χ2n) is 4.36. The van der Waals surface area contributed by atoms with Crippen molar-refractivity contribution in [2.75, 3.05) is 6.54 Å². The van der Waals surface area contributed by atoms with E-state index in [1.807, 2.05) is 0 Å². The molecule has 1 atom stereocenters. The molecule has 6 heteroatoms. The van der Waals surface area contributed by atoms with Gasteiger partial charge in [0.25, 0.3) is 0 Å². The van der Waals surface area contributed by atoms with E-state index in [-0.39, 0.29) is 37.4 Å². The standard InChI is InChI=1S/C12H14FN3O2/c1-8-2-11(17)15-6-12(18)16(8)7-9-3-10(13)5-14-4-9/h3-5,8H,2,6-7H2,1H3,(H,15,17). The zero-order valence-corrected chi connectivity index (χ0v) is 10.0. The minimum absolute atomic E-state index is 0.00802. The lowest BCUT2D eigenvalue weighted by Crippen LogP contribution is -2.39. The van der Waals surface area contributed by atoms with Gasteiger partial charge >= 0.3 is 0 Å². The monoisotopic (exact) mass is 251 g/mol. The third kappa shape index (κ3) is 2.82. The van der Waals surface area contributed by atoms with Crippen LogP contribution in [0.3, 0.4) is 0 Å². The molecule has 0 radical (unpaired) electrons. The van der Waals surface area contributed by atoms with Gasteiger partial charge in [0.1, 0.15) is 5.82 Å². The minimum Gasteiger partial charge on any atom is -0.347 e. The van der Waals surface area contributed by atoms with Gasteiger partial charge < -0.3 is 10.2 Å². The van der Waals surface area contributed by atoms with E-state index < -0.39 is 5.82 Å². The van der Waals surface area contributed by atoms with Crippen molar-refractivity contribution >= 4 is 11.8 Å². The summed E-state index contributed by atoms with van der Waals surface area (Å²) in [5.74, 6) is -0.745. The highest BCUT2D eigenvalue weighted by Crippen LogP contribution is 2.13. The van der Waals surface area contributed by atoms with Crippen LogP contribution in [0.15, 0.2) is 18.5 Å². The number of pyridine rings is 1. The van der Waals surface area contributed by atoms with Crippen LogP contribution in [0.1, 0.15) is 18.9 Å². The van der Waals surface area contributed by atoms with Gasteiger partial charge in [0.15, 0.2) is 0 Å². The molecule has 1 aromatic heterocycles. The van der Waals surface area contributed by atoms with Crippen molar-refractivity contribution in [2.24, 2.45) is 0 Å². The molecule has 1 saturated heterocycles. The van der Waals surface area contributed by atoms with E-state index in [0.717, 1.165) is 6.20 Å². The first kappa shape index (κ1) is 12.5. The van der Waals surface area contributed by atoms with E-state index in [2.05, 4.69) is 10.3 Å². The first-order chi connectivity index (χ1) is 8.56. The number of aromatic nitrogens is 1. The first-order valence-corrected chi connectivity index (χ1v) is 5.72. The average Bonchev–Trinajstić information content (AvgIpc) is 2.43. The quantitative estimate of drug-likeness (QED) is 0.830. The second-order valence-corrected chi connectivity index (χ2v) is 4.36. The average molecular weight is 251 g/mol. The summed E-state index contributed by atoms with van der Waals surface area (Å²) in [6.07, 6.45) is 2.89. The number of halogens is 1. The van der Waals surface area contributed by atoms with E-state index in [9.17, 15) is 14.0 Å². The molecular weight excluding hydrogens is 237 g/mol. The summed E-state index contributed by atoms with van der Waals surface area (Å²) < 4.78 is 13.0. The zero-order chi connectivity index (χ0) is 13.1. The maximum Gasteiger partial charge on any atom is 0.242 e. The van der Waals surface area contributed by atoms with E-state index in [1.54, 1.807) is 11.8 Å². The summed E-state index contributed by atoms with van der Waals surface area (Å²) in [6, 6.07) is 1.14. The van der Waals surface area contributed by atoms with Gasteiger partial charge in [-0.05, 0) is 18.6 Å². The predicted molar refractivity (Wildman–Crippen MR) is 61.8 cm³/mol. The van der Waals surface area contributed by atoms with Gasteiger partial charge in [-0.2, -0.15) is 0 Å². The van der Waals surface area contributed by atoms with Crippen LogP contribution in [-0.4, -0.2) is 34.3 Å². The molecule has 1 aliphatic rings. The summed E-state index contributed by atoms with van der Waals surface area (Å²) >= 11 is 0. The molecule has 0 bridgehead atoms. The molecule has 2 rings (SSSR count). The van der Waals surface area contributed by atoms with Crippen molar-refractivity contribution in [3.8, 4) is 0 Å². The molecule has 2 amide bonds. The highest BCUT2D eigenvalue weighted by molar-refractivity contribution is 5.87. The molecule has 0 saturated carbocycles. The van der Waals surface area contributed by atoms with Crippen molar-refractivity contribution in [1.29, 1.82) is 0 Å². The van der Waals surface area contributed by atoms with Crippen LogP contribution in [0.2, 0.25) is 0 Å². The highest BCUT2D eigenvalue weighted by Gasteiger charge is 2.26. The molecular formula is C12H14FN3O2. The zero-order valence-electron chi connectivity index (χ0n) is 10.0. The minimum atomic E-state index is -0.434. The number of carbonyl (C=O) groups excluding carboxylic acids is 2. The molecule has 5 nitrogen and oxygen atoms in total. The first-order valence-electron chi connectivity index (χ1n) is 5.72. The number of nitrogens with zero attached hydrogens (tertiary/aromatic N) is 2. The van der Waals surface area contributed by atoms with Crippen LogP contribution < -0.4 is 5.32 Å². The van der Waals surface area contributed by atoms with Crippen LogP contribution in [0, 0.1) is 5.82 Å². The number of carbonyl (C=O) groups is 2. The summed E-state index contributed by atoms with van der Waals surface area (Å²) in [7, 11) is 0. The van der Waals surface area contributed by atoms with Crippen LogP contribution in [0.5, 0.6) is 0 Å². The van der Waals surface area contributed by atoms with Crippen molar-refractivity contribution in [2.45, 2.75) is 25.9 Å². The second kappa shape index (κ2) is 5.12. The smallest absolute Gasteiger partial charge is 0.242 e. The number of hydrogen-bond acceptors (Lipinski definition) is 3. The number of hydrogen-bond donors (Lipinski definition) is 1. The Morgan fingerprint density at radius 2 is 2.28 bits per heavy atom. The summed E-state index contributed by atoms with van der Waals surface area (Å²) in [4.78, 5) is 28.5. The molecule has 0 aromatic carbocycles. The highest BCUT2D eigenvalue weighted by atomic mass is 19.1. The lowest BCUT2D eigenvalue weighted by molar-refractivity contribution is -0.132. The summed E-state index contributed by atoms with van der Waals surface area (Å²) in [5.41, 5.74) is 0.615. The van der Waals surface area contributed by atoms with Crippen molar-refractivity contribution < 1.29 is 14.0 Å². The molecule has 18 heavy (non-hydrogen) atoms. The Bertz CT molecular complexity index is 478. The Morgan fingerprint density at radius 3 is 3.00 bits per heavy atom. The Morgan fingerprint density at radius 1 is 1.50 bits per heavy atom. The SMILES string of the molecule is CC1CC(=O)NCC(=O)N1Cc1cncc(F)c1. The molecule has 2 heterocycles. The Kier molecular flexibility index (Phi) is 3.55.